The van der Waals surface area contributed by atoms with Crippen molar-refractivity contribution < 1.29 is 4.39 Å². The molecule has 1 aliphatic rings. The van der Waals surface area contributed by atoms with Crippen LogP contribution >= 0.6 is 0 Å². The van der Waals surface area contributed by atoms with Crippen molar-refractivity contribution in [3.05, 3.63) is 42.0 Å². The normalized spacial score (nSPS) is 27.1. The number of hydrogen-bond donors (Lipinski definition) is 0. The van der Waals surface area contributed by atoms with Gasteiger partial charge in [-0.2, -0.15) is 0 Å². The van der Waals surface area contributed by atoms with Gasteiger partial charge in [-0.05, 0) is 36.5 Å². The van der Waals surface area contributed by atoms with Crippen LogP contribution in [0.25, 0.3) is 5.57 Å². The Hall–Kier alpha value is -1.11. The van der Waals surface area contributed by atoms with Gasteiger partial charge in [0, 0.05) is 0 Å². The minimum absolute atomic E-state index is 0.558. The van der Waals surface area contributed by atoms with E-state index in [1.54, 1.807) is 6.92 Å². The van der Waals surface area contributed by atoms with Crippen molar-refractivity contribution in [3.63, 3.8) is 0 Å². The molecule has 0 amide bonds. The summed E-state index contributed by atoms with van der Waals surface area (Å²) in [6.07, 6.45) is 1.38. The van der Waals surface area contributed by atoms with Gasteiger partial charge in [-0.3, -0.25) is 0 Å². The average molecular weight is 176 g/mol. The molecule has 2 rings (SSSR count). The van der Waals surface area contributed by atoms with Crippen LogP contribution in [0.1, 0.15) is 24.5 Å². The number of alkyl halides is 1. The first kappa shape index (κ1) is 8.49. The van der Waals surface area contributed by atoms with Crippen LogP contribution in [0.3, 0.4) is 0 Å². The number of fused-ring (bicyclic) bond motifs is 1. The number of hydrogen-bond acceptors (Lipinski definition) is 0. The lowest BCUT2D eigenvalue weighted by atomic mass is 9.79. The second-order valence-corrected chi connectivity index (χ2v) is 3.83. The van der Waals surface area contributed by atoms with Crippen molar-refractivity contribution in [2.45, 2.75) is 25.4 Å². The summed E-state index contributed by atoms with van der Waals surface area (Å²) in [6.45, 7) is 5.45. The van der Waals surface area contributed by atoms with E-state index in [1.165, 1.54) is 5.56 Å². The van der Waals surface area contributed by atoms with Crippen molar-refractivity contribution >= 4 is 5.57 Å². The van der Waals surface area contributed by atoms with Crippen molar-refractivity contribution in [3.8, 4) is 0 Å². The summed E-state index contributed by atoms with van der Waals surface area (Å²) in [4.78, 5) is 0. The molecule has 0 bridgehead atoms. The monoisotopic (exact) mass is 176 g/mol. The Labute approximate surface area is 78.1 Å². The summed E-state index contributed by atoms with van der Waals surface area (Å²) in [5.74, 6) is 0. The lowest BCUT2D eigenvalue weighted by Gasteiger charge is -2.30. The number of rotatable bonds is 0. The SMILES string of the molecule is C=C1c2ccccc2CC[C@@]1(C)F. The Morgan fingerprint density at radius 1 is 1.38 bits per heavy atom. The lowest BCUT2D eigenvalue weighted by molar-refractivity contribution is 0.248. The standard InChI is InChI=1S/C12H13F/c1-9-11-6-4-3-5-10(11)7-8-12(9,2)13/h3-6H,1,7-8H2,2H3/t12-/m1/s1. The van der Waals surface area contributed by atoms with Crippen molar-refractivity contribution in [2.75, 3.05) is 0 Å². The van der Waals surface area contributed by atoms with E-state index in [0.29, 0.717) is 12.0 Å². The molecule has 1 aliphatic carbocycles. The van der Waals surface area contributed by atoms with Crippen LogP contribution in [-0.2, 0) is 6.42 Å². The van der Waals surface area contributed by atoms with Gasteiger partial charge in [-0.25, -0.2) is 4.39 Å². The highest BCUT2D eigenvalue weighted by molar-refractivity contribution is 5.73. The Balaban J connectivity index is 2.52. The summed E-state index contributed by atoms with van der Waals surface area (Å²) < 4.78 is 13.8. The van der Waals surface area contributed by atoms with Crippen LogP contribution in [0.4, 0.5) is 4.39 Å². The fraction of sp³-hybridized carbons (Fsp3) is 0.333. The van der Waals surface area contributed by atoms with Gasteiger partial charge in [0.2, 0.25) is 0 Å². The summed E-state index contributed by atoms with van der Waals surface area (Å²) in [6, 6.07) is 7.93. The molecule has 1 heteroatoms. The molecule has 0 unspecified atom stereocenters. The molecule has 0 nitrogen and oxygen atoms in total. The molecule has 0 saturated heterocycles. The molecular weight excluding hydrogens is 163 g/mol. The predicted molar refractivity (Wildman–Crippen MR) is 53.3 cm³/mol. The van der Waals surface area contributed by atoms with Crippen molar-refractivity contribution in [1.82, 2.24) is 0 Å². The lowest BCUT2D eigenvalue weighted by Crippen LogP contribution is -2.25. The molecule has 13 heavy (non-hydrogen) atoms. The van der Waals surface area contributed by atoms with Gasteiger partial charge in [-0.15, -0.1) is 0 Å². The van der Waals surface area contributed by atoms with Crippen molar-refractivity contribution in [2.24, 2.45) is 0 Å². The van der Waals surface area contributed by atoms with Crippen LogP contribution in [0.5, 0.6) is 0 Å². The molecule has 0 fully saturated rings. The molecular formula is C12H13F. The Morgan fingerprint density at radius 3 is 2.85 bits per heavy atom. The number of aryl methyl sites for hydroxylation is 1. The van der Waals surface area contributed by atoms with Gasteiger partial charge in [0.1, 0.15) is 5.67 Å². The molecule has 0 radical (unpaired) electrons. The van der Waals surface area contributed by atoms with Crippen LogP contribution in [0.2, 0.25) is 0 Å². The minimum Gasteiger partial charge on any atom is -0.239 e. The van der Waals surface area contributed by atoms with E-state index >= 15 is 0 Å². The summed E-state index contributed by atoms with van der Waals surface area (Å²) in [5.41, 5.74) is 1.64. The van der Waals surface area contributed by atoms with Crippen LogP contribution in [0, 0.1) is 0 Å². The quantitative estimate of drug-likeness (QED) is 0.568. The highest BCUT2D eigenvalue weighted by Gasteiger charge is 2.32. The number of allylic oxidation sites excluding steroid dienone is 1. The zero-order chi connectivity index (χ0) is 9.47. The first-order valence-corrected chi connectivity index (χ1v) is 4.58. The van der Waals surface area contributed by atoms with E-state index < -0.39 is 5.67 Å². The third kappa shape index (κ3) is 1.28. The maximum absolute atomic E-state index is 13.8. The molecule has 0 aliphatic heterocycles. The Bertz CT molecular complexity index is 350. The second kappa shape index (κ2) is 2.69. The molecule has 0 aromatic heterocycles. The first-order valence-electron chi connectivity index (χ1n) is 4.58. The summed E-state index contributed by atoms with van der Waals surface area (Å²) in [5, 5.41) is 0. The highest BCUT2D eigenvalue weighted by Crippen LogP contribution is 2.39. The molecule has 0 spiro atoms. The van der Waals surface area contributed by atoms with Gasteiger partial charge >= 0.3 is 0 Å². The topological polar surface area (TPSA) is 0 Å². The fourth-order valence-electron chi connectivity index (χ4n) is 1.83. The fourth-order valence-corrected chi connectivity index (χ4v) is 1.83. The van der Waals surface area contributed by atoms with Crippen LogP contribution in [0.15, 0.2) is 30.8 Å². The van der Waals surface area contributed by atoms with Gasteiger partial charge in [-0.1, -0.05) is 30.8 Å². The van der Waals surface area contributed by atoms with E-state index in [1.807, 2.05) is 18.2 Å². The largest absolute Gasteiger partial charge is 0.239 e. The molecule has 1 atom stereocenters. The summed E-state index contributed by atoms with van der Waals surface area (Å²) >= 11 is 0. The van der Waals surface area contributed by atoms with E-state index in [4.69, 9.17) is 0 Å². The van der Waals surface area contributed by atoms with E-state index in [-0.39, 0.29) is 0 Å². The molecule has 1 aromatic carbocycles. The van der Waals surface area contributed by atoms with E-state index in [0.717, 1.165) is 12.0 Å². The molecule has 0 heterocycles. The second-order valence-electron chi connectivity index (χ2n) is 3.83. The molecule has 1 aromatic rings. The molecule has 68 valence electrons. The maximum atomic E-state index is 13.8. The first-order chi connectivity index (χ1) is 6.11. The number of halogens is 1. The van der Waals surface area contributed by atoms with Crippen molar-refractivity contribution in [1.29, 1.82) is 0 Å². The van der Waals surface area contributed by atoms with Gasteiger partial charge in [0.25, 0.3) is 0 Å². The van der Waals surface area contributed by atoms with Gasteiger partial charge < -0.3 is 0 Å². The van der Waals surface area contributed by atoms with Gasteiger partial charge in [0.05, 0.1) is 0 Å². The Morgan fingerprint density at radius 2 is 2.08 bits per heavy atom. The van der Waals surface area contributed by atoms with Crippen LogP contribution < -0.4 is 0 Å². The maximum Gasteiger partial charge on any atom is 0.133 e. The van der Waals surface area contributed by atoms with E-state index in [2.05, 4.69) is 12.6 Å². The van der Waals surface area contributed by atoms with Crippen LogP contribution in [-0.4, -0.2) is 5.67 Å². The third-order valence-electron chi connectivity index (χ3n) is 2.84. The molecule has 0 saturated carbocycles. The number of benzene rings is 1. The molecule has 0 N–H and O–H groups in total. The highest BCUT2D eigenvalue weighted by atomic mass is 19.1. The zero-order valence-electron chi connectivity index (χ0n) is 7.81. The average Bonchev–Trinajstić information content (AvgIpc) is 2.13. The summed E-state index contributed by atoms with van der Waals surface area (Å²) in [7, 11) is 0. The van der Waals surface area contributed by atoms with Gasteiger partial charge in [0.15, 0.2) is 0 Å². The van der Waals surface area contributed by atoms with E-state index in [9.17, 15) is 4.39 Å². The predicted octanol–water partition coefficient (Wildman–Crippen LogP) is 3.37. The Kier molecular flexibility index (Phi) is 1.76. The minimum atomic E-state index is -1.21. The third-order valence-corrected chi connectivity index (χ3v) is 2.84. The smallest absolute Gasteiger partial charge is 0.133 e. The zero-order valence-corrected chi connectivity index (χ0v) is 7.81.